The summed E-state index contributed by atoms with van der Waals surface area (Å²) in [5.74, 6) is 1.48. The van der Waals surface area contributed by atoms with E-state index in [1.807, 2.05) is 0 Å². The molecule has 1 aliphatic carbocycles. The van der Waals surface area contributed by atoms with Crippen LogP contribution in [0.5, 0.6) is 0 Å². The molecule has 6 heteroatoms. The first-order valence-corrected chi connectivity index (χ1v) is 6.30. The first-order valence-electron chi connectivity index (χ1n) is 6.30. The van der Waals surface area contributed by atoms with Gasteiger partial charge in [-0.25, -0.2) is 0 Å². The lowest BCUT2D eigenvalue weighted by Gasteiger charge is -2.11. The van der Waals surface area contributed by atoms with Crippen LogP contribution < -0.4 is 10.6 Å². The highest BCUT2D eigenvalue weighted by Gasteiger charge is 2.33. The van der Waals surface area contributed by atoms with Gasteiger partial charge in [-0.2, -0.15) is 0 Å². The molecule has 0 radical (unpaired) electrons. The number of guanidine groups is 1. The quantitative estimate of drug-likeness (QED) is 0.374. The number of nitrogens with zero attached hydrogens (tertiary/aromatic N) is 2. The Morgan fingerprint density at radius 3 is 2.58 bits per heavy atom. The van der Waals surface area contributed by atoms with Gasteiger partial charge in [0.2, 0.25) is 0 Å². The topological polar surface area (TPSA) is 79.6 Å². The number of hydrogen-bond acceptors (Lipinski definition) is 3. The Bertz CT molecular complexity index is 484. The molecule has 2 unspecified atom stereocenters. The molecule has 0 bridgehead atoms. The van der Waals surface area contributed by atoms with Crippen molar-refractivity contribution in [1.29, 1.82) is 0 Å². The van der Waals surface area contributed by atoms with Gasteiger partial charge < -0.3 is 10.6 Å². The van der Waals surface area contributed by atoms with E-state index in [1.165, 1.54) is 18.6 Å². The molecule has 1 aliphatic rings. The van der Waals surface area contributed by atoms with Crippen molar-refractivity contribution < 1.29 is 4.92 Å². The molecule has 6 nitrogen and oxygen atoms in total. The SMILES string of the molecule is CN=C(NCc1ccc([N+](=O)[O-])cc1)NC1CC1C. The van der Waals surface area contributed by atoms with Crippen molar-refractivity contribution in [2.24, 2.45) is 10.9 Å². The monoisotopic (exact) mass is 262 g/mol. The minimum absolute atomic E-state index is 0.109. The number of aliphatic imine (C=N–C) groups is 1. The molecule has 1 aromatic carbocycles. The molecule has 1 aromatic rings. The number of non-ortho nitro benzene ring substituents is 1. The largest absolute Gasteiger partial charge is 0.353 e. The Hall–Kier alpha value is -2.11. The molecule has 2 atom stereocenters. The van der Waals surface area contributed by atoms with Crippen LogP contribution in [0, 0.1) is 16.0 Å². The maximum atomic E-state index is 10.5. The second kappa shape index (κ2) is 5.69. The summed E-state index contributed by atoms with van der Waals surface area (Å²) in [5.41, 5.74) is 1.09. The lowest BCUT2D eigenvalue weighted by atomic mass is 10.2. The van der Waals surface area contributed by atoms with Crippen LogP contribution in [0.4, 0.5) is 5.69 Å². The average Bonchev–Trinajstić information content (AvgIpc) is 3.10. The molecule has 1 fully saturated rings. The second-order valence-corrected chi connectivity index (χ2v) is 4.81. The number of rotatable bonds is 4. The van der Waals surface area contributed by atoms with Crippen LogP contribution >= 0.6 is 0 Å². The Morgan fingerprint density at radius 1 is 1.47 bits per heavy atom. The lowest BCUT2D eigenvalue weighted by molar-refractivity contribution is -0.384. The van der Waals surface area contributed by atoms with Crippen molar-refractivity contribution in [1.82, 2.24) is 10.6 Å². The standard InChI is InChI=1S/C13H18N4O2/c1-9-7-12(9)16-13(14-2)15-8-10-3-5-11(6-4-10)17(18)19/h3-6,9,12H,7-8H2,1-2H3,(H2,14,15,16). The molecule has 0 aliphatic heterocycles. The zero-order valence-electron chi connectivity index (χ0n) is 11.1. The summed E-state index contributed by atoms with van der Waals surface area (Å²) >= 11 is 0. The number of hydrogen-bond donors (Lipinski definition) is 2. The molecule has 2 rings (SSSR count). The fourth-order valence-corrected chi connectivity index (χ4v) is 1.81. The van der Waals surface area contributed by atoms with Crippen molar-refractivity contribution >= 4 is 11.6 Å². The van der Waals surface area contributed by atoms with Gasteiger partial charge >= 0.3 is 0 Å². The number of benzene rings is 1. The first-order chi connectivity index (χ1) is 9.10. The van der Waals surface area contributed by atoms with Crippen molar-refractivity contribution in [3.63, 3.8) is 0 Å². The molecule has 0 aromatic heterocycles. The van der Waals surface area contributed by atoms with Gasteiger partial charge in [-0.3, -0.25) is 15.1 Å². The van der Waals surface area contributed by atoms with E-state index in [0.29, 0.717) is 18.5 Å². The van der Waals surface area contributed by atoms with Crippen LogP contribution in [0.3, 0.4) is 0 Å². The summed E-state index contributed by atoms with van der Waals surface area (Å²) in [6.45, 7) is 2.79. The van der Waals surface area contributed by atoms with Gasteiger partial charge in [0.1, 0.15) is 0 Å². The molecule has 102 valence electrons. The van der Waals surface area contributed by atoms with Gasteiger partial charge in [0.05, 0.1) is 4.92 Å². The van der Waals surface area contributed by atoms with Crippen molar-refractivity contribution in [3.05, 3.63) is 39.9 Å². The van der Waals surface area contributed by atoms with Crippen LogP contribution in [-0.4, -0.2) is 24.0 Å². The summed E-state index contributed by atoms with van der Waals surface area (Å²) in [6.07, 6.45) is 1.18. The molecule has 2 N–H and O–H groups in total. The van der Waals surface area contributed by atoms with Gasteiger partial charge in [-0.15, -0.1) is 0 Å². The zero-order valence-corrected chi connectivity index (χ0v) is 11.1. The summed E-state index contributed by atoms with van der Waals surface area (Å²) in [6, 6.07) is 7.03. The van der Waals surface area contributed by atoms with E-state index >= 15 is 0 Å². The third kappa shape index (κ3) is 3.67. The van der Waals surface area contributed by atoms with Crippen LogP contribution in [0.15, 0.2) is 29.3 Å². The molecule has 0 spiro atoms. The predicted octanol–water partition coefficient (Wildman–Crippen LogP) is 1.67. The summed E-state index contributed by atoms with van der Waals surface area (Å²) in [5, 5.41) is 17.1. The predicted molar refractivity (Wildman–Crippen MR) is 74.0 cm³/mol. The first kappa shape index (κ1) is 13.3. The summed E-state index contributed by atoms with van der Waals surface area (Å²) in [4.78, 5) is 14.3. The Kier molecular flexibility index (Phi) is 3.99. The van der Waals surface area contributed by atoms with E-state index in [2.05, 4.69) is 22.5 Å². The maximum Gasteiger partial charge on any atom is 0.269 e. The smallest absolute Gasteiger partial charge is 0.269 e. The van der Waals surface area contributed by atoms with Crippen LogP contribution in [0.25, 0.3) is 0 Å². The normalized spacial score (nSPS) is 21.9. The molecule has 19 heavy (non-hydrogen) atoms. The maximum absolute atomic E-state index is 10.5. The molecular weight excluding hydrogens is 244 g/mol. The van der Waals surface area contributed by atoms with E-state index < -0.39 is 4.92 Å². The number of nitro benzene ring substituents is 1. The van der Waals surface area contributed by atoms with Gasteiger partial charge in [0, 0.05) is 31.8 Å². The molecular formula is C13H18N4O2. The minimum Gasteiger partial charge on any atom is -0.353 e. The van der Waals surface area contributed by atoms with E-state index in [9.17, 15) is 10.1 Å². The van der Waals surface area contributed by atoms with Crippen LogP contribution in [0.1, 0.15) is 18.9 Å². The van der Waals surface area contributed by atoms with E-state index in [1.54, 1.807) is 19.2 Å². The van der Waals surface area contributed by atoms with Crippen molar-refractivity contribution in [2.75, 3.05) is 7.05 Å². The minimum atomic E-state index is -0.397. The van der Waals surface area contributed by atoms with E-state index in [0.717, 1.165) is 11.5 Å². The Morgan fingerprint density at radius 2 is 2.11 bits per heavy atom. The molecule has 0 saturated heterocycles. The third-order valence-corrected chi connectivity index (χ3v) is 3.26. The lowest BCUT2D eigenvalue weighted by Crippen LogP contribution is -2.38. The summed E-state index contributed by atoms with van der Waals surface area (Å²) in [7, 11) is 1.73. The van der Waals surface area contributed by atoms with Crippen LogP contribution in [-0.2, 0) is 6.54 Å². The molecule has 1 saturated carbocycles. The Labute approximate surface area is 112 Å². The van der Waals surface area contributed by atoms with E-state index in [4.69, 9.17) is 0 Å². The number of nitro groups is 1. The zero-order chi connectivity index (χ0) is 13.8. The average molecular weight is 262 g/mol. The molecule has 0 amide bonds. The second-order valence-electron chi connectivity index (χ2n) is 4.81. The summed E-state index contributed by atoms with van der Waals surface area (Å²) < 4.78 is 0. The van der Waals surface area contributed by atoms with Gasteiger partial charge in [0.15, 0.2) is 5.96 Å². The fourth-order valence-electron chi connectivity index (χ4n) is 1.81. The Balaban J connectivity index is 1.85. The van der Waals surface area contributed by atoms with Crippen molar-refractivity contribution in [2.45, 2.75) is 25.9 Å². The van der Waals surface area contributed by atoms with E-state index in [-0.39, 0.29) is 5.69 Å². The highest BCUT2D eigenvalue weighted by molar-refractivity contribution is 5.80. The van der Waals surface area contributed by atoms with Gasteiger partial charge in [-0.1, -0.05) is 19.1 Å². The highest BCUT2D eigenvalue weighted by atomic mass is 16.6. The fraction of sp³-hybridized carbons (Fsp3) is 0.462. The molecule has 0 heterocycles. The van der Waals surface area contributed by atoms with Crippen LogP contribution in [0.2, 0.25) is 0 Å². The van der Waals surface area contributed by atoms with Gasteiger partial charge in [-0.05, 0) is 17.9 Å². The van der Waals surface area contributed by atoms with Gasteiger partial charge in [0.25, 0.3) is 5.69 Å². The highest BCUT2D eigenvalue weighted by Crippen LogP contribution is 2.28. The third-order valence-electron chi connectivity index (χ3n) is 3.26. The van der Waals surface area contributed by atoms with Crippen molar-refractivity contribution in [3.8, 4) is 0 Å². The number of nitrogens with one attached hydrogen (secondary N) is 2.